The van der Waals surface area contributed by atoms with Gasteiger partial charge in [0.25, 0.3) is 0 Å². The van der Waals surface area contributed by atoms with Gasteiger partial charge in [0, 0.05) is 19.4 Å². The molecule has 2 fully saturated rings. The number of nitrogens with one attached hydrogen (secondary N) is 2. The van der Waals surface area contributed by atoms with Crippen LogP contribution in [0, 0.1) is 0 Å². The first-order valence-corrected chi connectivity index (χ1v) is 8.21. The summed E-state index contributed by atoms with van der Waals surface area (Å²) in [6.45, 7) is 0.325. The minimum atomic E-state index is -1.10. The summed E-state index contributed by atoms with van der Waals surface area (Å²) in [5.41, 5.74) is 5.30. The van der Waals surface area contributed by atoms with Crippen molar-refractivity contribution in [3.8, 4) is 0 Å². The lowest BCUT2D eigenvalue weighted by atomic mass is 10.1. The predicted octanol–water partition coefficient (Wildman–Crippen LogP) is -1.91. The van der Waals surface area contributed by atoms with E-state index in [1.54, 1.807) is 0 Å². The highest BCUT2D eigenvalue weighted by molar-refractivity contribution is 5.95. The summed E-state index contributed by atoms with van der Waals surface area (Å²) in [7, 11) is 0. The highest BCUT2D eigenvalue weighted by atomic mass is 16.4. The van der Waals surface area contributed by atoms with Gasteiger partial charge in [-0.25, -0.2) is 0 Å². The molecule has 25 heavy (non-hydrogen) atoms. The summed E-state index contributed by atoms with van der Waals surface area (Å²) in [6.07, 6.45) is 1.17. The fourth-order valence-electron chi connectivity index (χ4n) is 3.13. The summed E-state index contributed by atoms with van der Waals surface area (Å²) in [6, 6.07) is -2.57. The molecule has 138 valence electrons. The number of amides is 4. The zero-order valence-corrected chi connectivity index (χ0v) is 13.7. The molecule has 0 spiro atoms. The van der Waals surface area contributed by atoms with Gasteiger partial charge in [-0.05, 0) is 25.7 Å². The van der Waals surface area contributed by atoms with E-state index in [2.05, 4.69) is 10.6 Å². The fraction of sp³-hybridized carbons (Fsp3) is 0.667. The number of likely N-dealkylation sites (tertiary alicyclic amines) is 1. The third-order valence-electron chi connectivity index (χ3n) is 4.44. The largest absolute Gasteiger partial charge is 0.481 e. The number of nitrogens with zero attached hydrogens (tertiary/aromatic N) is 1. The molecule has 0 aliphatic carbocycles. The Bertz CT molecular complexity index is 593. The minimum absolute atomic E-state index is 0.109. The molecule has 0 aromatic heterocycles. The Morgan fingerprint density at radius 3 is 2.60 bits per heavy atom. The van der Waals surface area contributed by atoms with E-state index in [1.165, 1.54) is 4.90 Å². The molecule has 0 unspecified atom stereocenters. The van der Waals surface area contributed by atoms with E-state index in [9.17, 15) is 24.0 Å². The van der Waals surface area contributed by atoms with Gasteiger partial charge in [0.2, 0.25) is 23.6 Å². The first-order chi connectivity index (χ1) is 11.8. The molecule has 0 saturated carbocycles. The second kappa shape index (κ2) is 7.95. The third kappa shape index (κ3) is 4.68. The number of hydrogen-bond donors (Lipinski definition) is 4. The minimum Gasteiger partial charge on any atom is -0.481 e. The van der Waals surface area contributed by atoms with E-state index in [1.807, 2.05) is 0 Å². The molecule has 4 amide bonds. The molecule has 2 saturated heterocycles. The van der Waals surface area contributed by atoms with Crippen molar-refractivity contribution in [3.05, 3.63) is 0 Å². The van der Waals surface area contributed by atoms with Crippen LogP contribution in [0.15, 0.2) is 0 Å². The number of rotatable bonds is 7. The highest BCUT2D eigenvalue weighted by Crippen LogP contribution is 2.19. The van der Waals surface area contributed by atoms with Crippen molar-refractivity contribution < 1.29 is 29.1 Å². The number of aliphatic carboxylic acids is 1. The molecule has 0 aromatic carbocycles. The van der Waals surface area contributed by atoms with Crippen LogP contribution in [0.5, 0.6) is 0 Å². The van der Waals surface area contributed by atoms with Gasteiger partial charge in [-0.2, -0.15) is 0 Å². The van der Waals surface area contributed by atoms with Crippen molar-refractivity contribution in [1.29, 1.82) is 0 Å². The normalized spacial score (nSPS) is 23.8. The van der Waals surface area contributed by atoms with E-state index in [-0.39, 0.29) is 25.2 Å². The first kappa shape index (κ1) is 18.7. The number of nitrogens with two attached hydrogens (primary N) is 1. The zero-order chi connectivity index (χ0) is 18.6. The Labute approximate surface area is 144 Å². The van der Waals surface area contributed by atoms with Gasteiger partial charge in [0.15, 0.2) is 0 Å². The number of carbonyl (C=O) groups excluding carboxylic acids is 4. The van der Waals surface area contributed by atoms with Crippen LogP contribution < -0.4 is 16.4 Å². The van der Waals surface area contributed by atoms with E-state index >= 15 is 0 Å². The second-order valence-corrected chi connectivity index (χ2v) is 6.24. The molecule has 10 nitrogen and oxygen atoms in total. The number of primary amides is 1. The second-order valence-electron chi connectivity index (χ2n) is 6.24. The standard InChI is InChI=1S/C15H22N4O6/c16-13(23)10-2-1-7-19(10)15(25)9(4-6-12(21)22)18-14(24)8-3-5-11(20)17-8/h8-10H,1-7H2,(H2,16,23)(H,17,20)(H,18,24)(H,21,22)/t8-,9-,10-/m0/s1. The number of hydrogen-bond acceptors (Lipinski definition) is 5. The Morgan fingerprint density at radius 2 is 2.04 bits per heavy atom. The van der Waals surface area contributed by atoms with Gasteiger partial charge in [-0.1, -0.05) is 0 Å². The maximum atomic E-state index is 12.7. The van der Waals surface area contributed by atoms with Gasteiger partial charge in [-0.3, -0.25) is 24.0 Å². The smallest absolute Gasteiger partial charge is 0.303 e. The van der Waals surface area contributed by atoms with Crippen molar-refractivity contribution >= 4 is 29.6 Å². The van der Waals surface area contributed by atoms with Gasteiger partial charge in [0.05, 0.1) is 0 Å². The molecule has 2 heterocycles. The van der Waals surface area contributed by atoms with Crippen molar-refractivity contribution in [2.75, 3.05) is 6.54 Å². The number of carboxylic acids is 1. The molecular formula is C15H22N4O6. The fourth-order valence-corrected chi connectivity index (χ4v) is 3.13. The molecule has 2 aliphatic rings. The molecule has 10 heteroatoms. The lowest BCUT2D eigenvalue weighted by molar-refractivity contribution is -0.142. The van der Waals surface area contributed by atoms with E-state index < -0.39 is 41.8 Å². The summed E-state index contributed by atoms with van der Waals surface area (Å²) in [4.78, 5) is 59.8. The van der Waals surface area contributed by atoms with Crippen LogP contribution in [-0.2, 0) is 24.0 Å². The highest BCUT2D eigenvalue weighted by Gasteiger charge is 2.38. The summed E-state index contributed by atoms with van der Waals surface area (Å²) >= 11 is 0. The maximum absolute atomic E-state index is 12.7. The van der Waals surface area contributed by atoms with E-state index in [0.717, 1.165) is 0 Å². The van der Waals surface area contributed by atoms with Crippen LogP contribution in [0.25, 0.3) is 0 Å². The Balaban J connectivity index is 2.07. The van der Waals surface area contributed by atoms with Gasteiger partial charge in [-0.15, -0.1) is 0 Å². The average molecular weight is 354 g/mol. The lowest BCUT2D eigenvalue weighted by Crippen LogP contribution is -2.55. The van der Waals surface area contributed by atoms with Crippen molar-refractivity contribution in [2.24, 2.45) is 5.73 Å². The topological polar surface area (TPSA) is 159 Å². The summed E-state index contributed by atoms with van der Waals surface area (Å²) in [5, 5.41) is 13.9. The number of carboxylic acid groups (broad SMARTS) is 1. The van der Waals surface area contributed by atoms with Crippen LogP contribution >= 0.6 is 0 Å². The Kier molecular flexibility index (Phi) is 5.94. The van der Waals surface area contributed by atoms with E-state index in [4.69, 9.17) is 10.8 Å². The van der Waals surface area contributed by atoms with Crippen LogP contribution in [0.2, 0.25) is 0 Å². The van der Waals surface area contributed by atoms with Gasteiger partial charge >= 0.3 is 5.97 Å². The Morgan fingerprint density at radius 1 is 1.32 bits per heavy atom. The molecule has 2 aliphatic heterocycles. The third-order valence-corrected chi connectivity index (χ3v) is 4.44. The van der Waals surface area contributed by atoms with Crippen molar-refractivity contribution in [2.45, 2.75) is 56.7 Å². The lowest BCUT2D eigenvalue weighted by Gasteiger charge is -2.28. The number of carbonyl (C=O) groups is 5. The molecule has 5 N–H and O–H groups in total. The van der Waals surface area contributed by atoms with Crippen LogP contribution in [0.3, 0.4) is 0 Å². The quantitative estimate of drug-likeness (QED) is 0.417. The Hall–Kier alpha value is -2.65. The van der Waals surface area contributed by atoms with Gasteiger partial charge < -0.3 is 26.4 Å². The van der Waals surface area contributed by atoms with Gasteiger partial charge in [0.1, 0.15) is 18.1 Å². The van der Waals surface area contributed by atoms with Crippen LogP contribution in [-0.4, -0.2) is 64.3 Å². The predicted molar refractivity (Wildman–Crippen MR) is 83.9 cm³/mol. The molecule has 0 bridgehead atoms. The monoisotopic (exact) mass is 354 g/mol. The molecule has 0 aromatic rings. The maximum Gasteiger partial charge on any atom is 0.303 e. The zero-order valence-electron chi connectivity index (χ0n) is 13.7. The molecule has 0 radical (unpaired) electrons. The summed E-state index contributed by atoms with van der Waals surface area (Å²) < 4.78 is 0. The average Bonchev–Trinajstić information content (AvgIpc) is 3.19. The molecule has 3 atom stereocenters. The van der Waals surface area contributed by atoms with Crippen LogP contribution in [0.1, 0.15) is 38.5 Å². The first-order valence-electron chi connectivity index (χ1n) is 8.21. The summed E-state index contributed by atoms with van der Waals surface area (Å²) in [5.74, 6) is -3.04. The SMILES string of the molecule is NC(=O)[C@@H]1CCCN1C(=O)[C@H](CCC(=O)O)NC(=O)[C@@H]1CCC(=O)N1. The molecular weight excluding hydrogens is 332 g/mol. The van der Waals surface area contributed by atoms with Crippen molar-refractivity contribution in [1.82, 2.24) is 15.5 Å². The van der Waals surface area contributed by atoms with Crippen LogP contribution in [0.4, 0.5) is 0 Å². The van der Waals surface area contributed by atoms with E-state index in [0.29, 0.717) is 25.8 Å². The van der Waals surface area contributed by atoms with Crippen molar-refractivity contribution in [3.63, 3.8) is 0 Å². The molecule has 2 rings (SSSR count).